The van der Waals surface area contributed by atoms with Crippen molar-refractivity contribution in [3.05, 3.63) is 35.9 Å². The molecule has 0 aliphatic carbocycles. The molecular weight excluding hydrogens is 626 g/mol. The van der Waals surface area contributed by atoms with Crippen LogP contribution in [-0.2, 0) is 35.3 Å². The summed E-state index contributed by atoms with van der Waals surface area (Å²) in [6.07, 6.45) is 7.66. The Morgan fingerprint density at radius 2 is 1.49 bits per heavy atom. The van der Waals surface area contributed by atoms with Gasteiger partial charge in [0, 0.05) is 13.1 Å². The highest BCUT2D eigenvalue weighted by Gasteiger charge is 2.46. The number of nitrogens with one attached hydrogen (secondary N) is 4. The van der Waals surface area contributed by atoms with E-state index in [4.69, 9.17) is 4.74 Å². The fraction of sp³-hybridized carbons (Fsp3) is 0.676. The summed E-state index contributed by atoms with van der Waals surface area (Å²) >= 11 is 0. The molecule has 0 bridgehead atoms. The van der Waals surface area contributed by atoms with E-state index in [0.717, 1.165) is 50.5 Å². The molecule has 272 valence electrons. The summed E-state index contributed by atoms with van der Waals surface area (Å²) in [5.74, 6) is -3.23. The van der Waals surface area contributed by atoms with Crippen molar-refractivity contribution in [3.8, 4) is 0 Å². The van der Waals surface area contributed by atoms with E-state index < -0.39 is 53.3 Å². The van der Waals surface area contributed by atoms with Gasteiger partial charge < -0.3 is 30.9 Å². The number of nitrogens with zero attached hydrogens (tertiary/aromatic N) is 1. The van der Waals surface area contributed by atoms with E-state index in [0.29, 0.717) is 25.8 Å². The van der Waals surface area contributed by atoms with E-state index in [2.05, 4.69) is 21.3 Å². The Balaban J connectivity index is 1.77. The lowest BCUT2D eigenvalue weighted by molar-refractivity contribution is -0.144. The first kappa shape index (κ1) is 39.5. The van der Waals surface area contributed by atoms with Gasteiger partial charge in [0.25, 0.3) is 5.91 Å². The van der Waals surface area contributed by atoms with E-state index in [1.54, 1.807) is 20.8 Å². The minimum absolute atomic E-state index is 0.0479. The summed E-state index contributed by atoms with van der Waals surface area (Å²) in [4.78, 5) is 81.4. The number of hydrogen-bond acceptors (Lipinski definition) is 7. The number of carbonyl (C=O) groups excluding carboxylic acids is 6. The molecule has 0 spiro atoms. The molecule has 12 heteroatoms. The van der Waals surface area contributed by atoms with Gasteiger partial charge >= 0.3 is 6.09 Å². The predicted molar refractivity (Wildman–Crippen MR) is 186 cm³/mol. The molecule has 3 rings (SSSR count). The molecule has 0 aromatic heterocycles. The van der Waals surface area contributed by atoms with E-state index in [1.807, 2.05) is 44.2 Å². The predicted octanol–water partition coefficient (Wildman–Crippen LogP) is 4.15. The van der Waals surface area contributed by atoms with E-state index in [1.165, 1.54) is 4.90 Å². The molecule has 1 aromatic carbocycles. The number of rotatable bonds is 8. The minimum Gasteiger partial charge on any atom is -0.444 e. The summed E-state index contributed by atoms with van der Waals surface area (Å²) in [5, 5.41) is 10.7. The first-order valence-corrected chi connectivity index (χ1v) is 18.0. The van der Waals surface area contributed by atoms with Gasteiger partial charge in [-0.1, -0.05) is 95.5 Å². The number of carbonyl (C=O) groups is 6. The lowest BCUT2D eigenvalue weighted by Crippen LogP contribution is -2.58. The molecule has 0 saturated carbocycles. The second-order valence-corrected chi connectivity index (χ2v) is 14.6. The van der Waals surface area contributed by atoms with Gasteiger partial charge in [0.1, 0.15) is 17.7 Å². The Labute approximate surface area is 291 Å². The van der Waals surface area contributed by atoms with E-state index in [9.17, 15) is 28.8 Å². The number of benzene rings is 1. The molecule has 1 unspecified atom stereocenters. The minimum atomic E-state index is -1.11. The molecule has 12 nitrogen and oxygen atoms in total. The average Bonchev–Trinajstić information content (AvgIpc) is 3.50. The third-order valence-electron chi connectivity index (χ3n) is 9.18. The van der Waals surface area contributed by atoms with Crippen molar-refractivity contribution in [3.63, 3.8) is 0 Å². The number of Topliss-reactive ketones (excluding diaryl/α,β-unsaturated/α-hetero) is 1. The summed E-state index contributed by atoms with van der Waals surface area (Å²) in [5.41, 5.74) is 0.150. The fourth-order valence-corrected chi connectivity index (χ4v) is 6.55. The lowest BCUT2D eigenvalue weighted by Gasteiger charge is -2.33. The zero-order valence-corrected chi connectivity index (χ0v) is 30.0. The summed E-state index contributed by atoms with van der Waals surface area (Å²) < 4.78 is 5.46. The maximum atomic E-state index is 14.1. The second-order valence-electron chi connectivity index (χ2n) is 14.6. The molecule has 0 radical (unpaired) electrons. The first-order valence-electron chi connectivity index (χ1n) is 18.0. The van der Waals surface area contributed by atoms with Crippen LogP contribution in [0.15, 0.2) is 30.3 Å². The Hall–Kier alpha value is -3.96. The number of alkyl carbamates (subject to hydrolysis) is 1. The molecule has 2 aliphatic rings. The molecule has 5 amide bonds. The Morgan fingerprint density at radius 3 is 2.10 bits per heavy atom. The van der Waals surface area contributed by atoms with Crippen LogP contribution < -0.4 is 21.3 Å². The summed E-state index contributed by atoms with van der Waals surface area (Å²) in [6, 6.07) is 6.45. The number of ether oxygens (including phenoxy) is 1. The quantitative estimate of drug-likeness (QED) is 0.299. The highest BCUT2D eigenvalue weighted by molar-refractivity contribution is 6.38. The Morgan fingerprint density at radius 1 is 0.878 bits per heavy atom. The van der Waals surface area contributed by atoms with Crippen LogP contribution in [-0.4, -0.2) is 77.2 Å². The van der Waals surface area contributed by atoms with Gasteiger partial charge in [0.05, 0.1) is 12.6 Å². The fourth-order valence-electron chi connectivity index (χ4n) is 6.55. The van der Waals surface area contributed by atoms with Crippen LogP contribution in [0.1, 0.15) is 111 Å². The van der Waals surface area contributed by atoms with Gasteiger partial charge in [0.2, 0.25) is 23.5 Å². The molecule has 2 saturated heterocycles. The van der Waals surface area contributed by atoms with E-state index in [-0.39, 0.29) is 37.3 Å². The Bertz CT molecular complexity index is 1280. The highest BCUT2D eigenvalue weighted by Crippen LogP contribution is 2.32. The number of fused-ring (bicyclic) bond motifs is 1. The number of hydrogen-bond donors (Lipinski definition) is 4. The SMILES string of the molecule is CC(C)[C@H]1CCN2C(=O)[C@@H](NC(=O)OC(C)(C)C)CCCCCCCCCC[C@@H](C(=O)C(=O)NCC(=O)NCc3ccccc3)NC(=O)C12. The van der Waals surface area contributed by atoms with Crippen molar-refractivity contribution in [2.75, 3.05) is 13.1 Å². The molecule has 4 atom stereocenters. The van der Waals surface area contributed by atoms with Crippen LogP contribution >= 0.6 is 0 Å². The Kier molecular flexibility index (Phi) is 15.5. The summed E-state index contributed by atoms with van der Waals surface area (Å²) in [7, 11) is 0. The van der Waals surface area contributed by atoms with Crippen LogP contribution in [0.2, 0.25) is 0 Å². The molecule has 49 heavy (non-hydrogen) atoms. The number of amides is 5. The van der Waals surface area contributed by atoms with Gasteiger partial charge in [0.15, 0.2) is 0 Å². The second kappa shape index (κ2) is 19.3. The third kappa shape index (κ3) is 13.1. The smallest absolute Gasteiger partial charge is 0.408 e. The molecule has 2 fully saturated rings. The van der Waals surface area contributed by atoms with Crippen molar-refractivity contribution in [1.82, 2.24) is 26.2 Å². The molecular formula is C37H57N5O7. The first-order chi connectivity index (χ1) is 23.3. The maximum Gasteiger partial charge on any atom is 0.408 e. The molecule has 4 N–H and O–H groups in total. The number of ketones is 1. The topological polar surface area (TPSA) is 163 Å². The van der Waals surface area contributed by atoms with Crippen molar-refractivity contribution < 1.29 is 33.5 Å². The monoisotopic (exact) mass is 683 g/mol. The summed E-state index contributed by atoms with van der Waals surface area (Å²) in [6.45, 7) is 9.46. The third-order valence-corrected chi connectivity index (χ3v) is 9.18. The van der Waals surface area contributed by atoms with Crippen LogP contribution in [0.3, 0.4) is 0 Å². The van der Waals surface area contributed by atoms with Crippen LogP contribution in [0.25, 0.3) is 0 Å². The zero-order chi connectivity index (χ0) is 36.0. The van der Waals surface area contributed by atoms with Crippen molar-refractivity contribution in [2.45, 2.75) is 136 Å². The lowest BCUT2D eigenvalue weighted by atomic mass is 9.87. The highest BCUT2D eigenvalue weighted by atomic mass is 16.6. The average molecular weight is 684 g/mol. The molecule has 2 aliphatic heterocycles. The van der Waals surface area contributed by atoms with Crippen molar-refractivity contribution in [2.24, 2.45) is 11.8 Å². The van der Waals surface area contributed by atoms with Gasteiger partial charge in [-0.15, -0.1) is 0 Å². The molecule has 1 aromatic rings. The standard InChI is InChI=1S/C37H57N5O7/c1-25(2)27-21-22-42-31(27)33(45)40-28(32(44)34(46)39-24-30(43)38-23-26-17-13-12-14-18-26)19-15-10-8-6-7-9-11-16-20-29(35(42)47)41-36(48)49-37(3,4)5/h12-14,17-18,25,27-29,31H,6-11,15-16,19-24H2,1-5H3,(H,38,43)(H,39,46)(H,40,45)(H,41,48)/t27-,28+,29+,31?/m1/s1. The largest absolute Gasteiger partial charge is 0.444 e. The van der Waals surface area contributed by atoms with E-state index >= 15 is 0 Å². The maximum absolute atomic E-state index is 14.1. The molecule has 2 heterocycles. The zero-order valence-electron chi connectivity index (χ0n) is 30.0. The van der Waals surface area contributed by atoms with Gasteiger partial charge in [-0.05, 0) is 57.4 Å². The van der Waals surface area contributed by atoms with Gasteiger partial charge in [-0.25, -0.2) is 4.79 Å². The van der Waals surface area contributed by atoms with Crippen LogP contribution in [0.5, 0.6) is 0 Å². The van der Waals surface area contributed by atoms with Gasteiger partial charge in [-0.3, -0.25) is 24.0 Å². The normalized spacial score (nSPS) is 23.1. The van der Waals surface area contributed by atoms with Crippen molar-refractivity contribution in [1.29, 1.82) is 0 Å². The van der Waals surface area contributed by atoms with Crippen LogP contribution in [0, 0.1) is 11.8 Å². The van der Waals surface area contributed by atoms with Crippen molar-refractivity contribution >= 4 is 35.5 Å². The van der Waals surface area contributed by atoms with Crippen LogP contribution in [0.4, 0.5) is 4.79 Å². The van der Waals surface area contributed by atoms with Gasteiger partial charge in [-0.2, -0.15) is 0 Å².